The maximum absolute atomic E-state index is 13.5. The highest BCUT2D eigenvalue weighted by atomic mass is 35.5. The molecule has 180 valence electrons. The second kappa shape index (κ2) is 8.59. The third-order valence-corrected chi connectivity index (χ3v) is 5.81. The maximum atomic E-state index is 13.5. The molecule has 1 aliphatic rings. The van der Waals surface area contributed by atoms with Crippen molar-refractivity contribution in [1.29, 1.82) is 0 Å². The molecular weight excluding hydrogens is 473 g/mol. The number of alkyl halides is 3. The summed E-state index contributed by atoms with van der Waals surface area (Å²) < 4.78 is 48.2. The van der Waals surface area contributed by atoms with Gasteiger partial charge in [0.1, 0.15) is 5.75 Å². The summed E-state index contributed by atoms with van der Waals surface area (Å²) >= 11 is 6.10. The van der Waals surface area contributed by atoms with Crippen LogP contribution in [0, 0.1) is 0 Å². The topological polar surface area (TPSA) is 80.5 Å². The number of β-amino-alcohol motifs (C(OH)–C–C–N with tert-alkyl or cyclic N) is 1. The van der Waals surface area contributed by atoms with Gasteiger partial charge in [-0.15, -0.1) is 10.2 Å². The number of hydrogen-bond acceptors (Lipinski definition) is 5. The largest absolute Gasteiger partial charge is 0.479 e. The third kappa shape index (κ3) is 4.47. The van der Waals surface area contributed by atoms with Gasteiger partial charge in [0, 0.05) is 30.7 Å². The highest BCUT2D eigenvalue weighted by Gasteiger charge is 2.37. The molecular formula is C23H22ClF3N4O3. The zero-order chi connectivity index (χ0) is 24.8. The number of aliphatic hydroxyl groups is 1. The molecule has 3 aromatic rings. The highest BCUT2D eigenvalue weighted by Crippen LogP contribution is 2.38. The summed E-state index contributed by atoms with van der Waals surface area (Å²) in [6.45, 7) is 3.76. The fraction of sp³-hybridized carbons (Fsp3) is 0.348. The number of benzene rings is 2. The Labute approximate surface area is 198 Å². The van der Waals surface area contributed by atoms with Crippen LogP contribution in [-0.2, 0) is 18.8 Å². The van der Waals surface area contributed by atoms with E-state index >= 15 is 0 Å². The average molecular weight is 495 g/mol. The van der Waals surface area contributed by atoms with Gasteiger partial charge in [-0.05, 0) is 38.1 Å². The molecule has 1 N–H and O–H groups in total. The van der Waals surface area contributed by atoms with Gasteiger partial charge in [-0.25, -0.2) is 0 Å². The van der Waals surface area contributed by atoms with Crippen molar-refractivity contribution >= 4 is 17.5 Å². The minimum absolute atomic E-state index is 0.0292. The van der Waals surface area contributed by atoms with Crippen LogP contribution in [0.3, 0.4) is 0 Å². The quantitative estimate of drug-likeness (QED) is 0.572. The van der Waals surface area contributed by atoms with Crippen LogP contribution in [0.1, 0.15) is 35.6 Å². The number of ether oxygens (including phenoxy) is 1. The van der Waals surface area contributed by atoms with E-state index in [2.05, 4.69) is 10.2 Å². The van der Waals surface area contributed by atoms with Crippen molar-refractivity contribution in [2.24, 2.45) is 7.05 Å². The number of rotatable bonds is 5. The van der Waals surface area contributed by atoms with Gasteiger partial charge in [-0.1, -0.05) is 29.8 Å². The lowest BCUT2D eigenvalue weighted by Crippen LogP contribution is -2.53. The van der Waals surface area contributed by atoms with Crippen molar-refractivity contribution in [3.63, 3.8) is 0 Å². The Morgan fingerprint density at radius 3 is 2.47 bits per heavy atom. The lowest BCUT2D eigenvalue weighted by atomic mass is 10.1. The molecule has 1 amide bonds. The molecule has 1 aliphatic heterocycles. The zero-order valence-electron chi connectivity index (χ0n) is 18.6. The second-order valence-corrected chi connectivity index (χ2v) is 9.00. The van der Waals surface area contributed by atoms with Crippen LogP contribution in [0.2, 0.25) is 5.02 Å². The molecule has 0 saturated carbocycles. The predicted octanol–water partition coefficient (Wildman–Crippen LogP) is 4.29. The van der Waals surface area contributed by atoms with Crippen molar-refractivity contribution in [3.8, 4) is 17.1 Å². The summed E-state index contributed by atoms with van der Waals surface area (Å²) in [6, 6.07) is 9.72. The Balaban J connectivity index is 1.68. The number of amides is 1. The SMILES string of the molecule is Cn1c(-c2ccccc2C(F)(F)F)nnc1C(C)(C)Oc1ccc(Cl)cc1C(=O)N1CC(O)C1. The minimum Gasteiger partial charge on any atom is -0.479 e. The van der Waals surface area contributed by atoms with E-state index < -0.39 is 23.4 Å². The summed E-state index contributed by atoms with van der Waals surface area (Å²) in [5, 5.41) is 18.0. The molecule has 1 saturated heterocycles. The van der Waals surface area contributed by atoms with E-state index in [9.17, 15) is 23.1 Å². The number of halogens is 4. The van der Waals surface area contributed by atoms with Crippen LogP contribution in [0.15, 0.2) is 42.5 Å². The van der Waals surface area contributed by atoms with Crippen LogP contribution in [0.4, 0.5) is 13.2 Å². The van der Waals surface area contributed by atoms with E-state index in [1.165, 1.54) is 33.7 Å². The first-order valence-electron chi connectivity index (χ1n) is 10.4. The number of carbonyl (C=O) groups is 1. The Hall–Kier alpha value is -3.11. The van der Waals surface area contributed by atoms with E-state index in [-0.39, 0.29) is 47.5 Å². The summed E-state index contributed by atoms with van der Waals surface area (Å²) in [6.07, 6.45) is -5.13. The molecule has 0 spiro atoms. The lowest BCUT2D eigenvalue weighted by Gasteiger charge is -2.36. The Kier molecular flexibility index (Phi) is 6.07. The van der Waals surface area contributed by atoms with Gasteiger partial charge < -0.3 is 19.3 Å². The molecule has 34 heavy (non-hydrogen) atoms. The van der Waals surface area contributed by atoms with Crippen LogP contribution < -0.4 is 4.74 Å². The number of aromatic nitrogens is 3. The molecule has 0 unspecified atom stereocenters. The molecule has 1 aromatic heterocycles. The third-order valence-electron chi connectivity index (χ3n) is 5.57. The van der Waals surface area contributed by atoms with E-state index in [0.29, 0.717) is 5.02 Å². The molecule has 0 bridgehead atoms. The summed E-state index contributed by atoms with van der Waals surface area (Å²) in [7, 11) is 1.55. The summed E-state index contributed by atoms with van der Waals surface area (Å²) in [4.78, 5) is 14.4. The van der Waals surface area contributed by atoms with E-state index in [1.807, 2.05) is 0 Å². The fourth-order valence-corrected chi connectivity index (χ4v) is 4.06. The number of likely N-dealkylation sites (tertiary alicyclic amines) is 1. The van der Waals surface area contributed by atoms with E-state index in [1.54, 1.807) is 33.0 Å². The molecule has 4 rings (SSSR count). The first-order valence-corrected chi connectivity index (χ1v) is 10.8. The molecule has 2 aromatic carbocycles. The Morgan fingerprint density at radius 1 is 1.15 bits per heavy atom. The van der Waals surface area contributed by atoms with Crippen molar-refractivity contribution in [1.82, 2.24) is 19.7 Å². The van der Waals surface area contributed by atoms with Gasteiger partial charge in [0.05, 0.1) is 17.2 Å². The smallest absolute Gasteiger partial charge is 0.417 e. The number of nitrogens with zero attached hydrogens (tertiary/aromatic N) is 4. The van der Waals surface area contributed by atoms with Crippen LogP contribution in [-0.4, -0.2) is 49.9 Å². The molecule has 0 radical (unpaired) electrons. The Morgan fingerprint density at radius 2 is 1.82 bits per heavy atom. The summed E-state index contributed by atoms with van der Waals surface area (Å²) in [5.41, 5.74) is -1.90. The van der Waals surface area contributed by atoms with Crippen molar-refractivity contribution < 1.29 is 27.8 Å². The molecule has 0 atom stereocenters. The molecule has 2 heterocycles. The highest BCUT2D eigenvalue weighted by molar-refractivity contribution is 6.31. The van der Waals surface area contributed by atoms with Crippen molar-refractivity contribution in [2.75, 3.05) is 13.1 Å². The number of carbonyl (C=O) groups excluding carboxylic acids is 1. The van der Waals surface area contributed by atoms with Crippen LogP contribution in [0.5, 0.6) is 5.75 Å². The minimum atomic E-state index is -4.56. The van der Waals surface area contributed by atoms with Gasteiger partial charge >= 0.3 is 6.18 Å². The molecule has 0 aliphatic carbocycles. The molecule has 7 nitrogen and oxygen atoms in total. The number of aliphatic hydroxyl groups excluding tert-OH is 1. The van der Waals surface area contributed by atoms with Crippen LogP contribution in [0.25, 0.3) is 11.4 Å². The second-order valence-electron chi connectivity index (χ2n) is 8.57. The molecule has 11 heteroatoms. The van der Waals surface area contributed by atoms with E-state index in [4.69, 9.17) is 16.3 Å². The van der Waals surface area contributed by atoms with Gasteiger partial charge in [0.15, 0.2) is 17.2 Å². The zero-order valence-corrected chi connectivity index (χ0v) is 19.4. The van der Waals surface area contributed by atoms with E-state index in [0.717, 1.165) is 6.07 Å². The van der Waals surface area contributed by atoms with Gasteiger partial charge in [0.25, 0.3) is 5.91 Å². The van der Waals surface area contributed by atoms with Crippen molar-refractivity contribution in [2.45, 2.75) is 31.7 Å². The van der Waals surface area contributed by atoms with Gasteiger partial charge in [-0.2, -0.15) is 13.2 Å². The molecule has 1 fully saturated rings. The normalized spacial score (nSPS) is 14.8. The predicted molar refractivity (Wildman–Crippen MR) is 118 cm³/mol. The van der Waals surface area contributed by atoms with Gasteiger partial charge in [-0.3, -0.25) is 4.79 Å². The van der Waals surface area contributed by atoms with Crippen LogP contribution >= 0.6 is 11.6 Å². The monoisotopic (exact) mass is 494 g/mol. The number of hydrogen-bond donors (Lipinski definition) is 1. The van der Waals surface area contributed by atoms with Crippen molar-refractivity contribution in [3.05, 3.63) is 64.4 Å². The first-order chi connectivity index (χ1) is 15.9. The first kappa shape index (κ1) is 24.0. The average Bonchev–Trinajstić information content (AvgIpc) is 3.13. The lowest BCUT2D eigenvalue weighted by molar-refractivity contribution is -0.137. The maximum Gasteiger partial charge on any atom is 0.417 e. The Bertz CT molecular complexity index is 1240. The summed E-state index contributed by atoms with van der Waals surface area (Å²) in [5.74, 6) is 0.158. The van der Waals surface area contributed by atoms with Gasteiger partial charge in [0.2, 0.25) is 0 Å². The standard InChI is InChI=1S/C23H22ClF3N4O3/c1-22(2,34-18-9-8-13(24)10-16(18)20(33)31-11-14(32)12-31)21-29-28-19(30(21)3)15-6-4-5-7-17(15)23(25,26)27/h4-10,14,32H,11-12H2,1-3H3. The fourth-order valence-electron chi connectivity index (χ4n) is 3.88.